The van der Waals surface area contributed by atoms with E-state index in [0.29, 0.717) is 6.04 Å². The topological polar surface area (TPSA) is 36.1 Å². The summed E-state index contributed by atoms with van der Waals surface area (Å²) in [4.78, 5) is 17.4. The predicted molar refractivity (Wildman–Crippen MR) is 74.8 cm³/mol. The Labute approximate surface area is 108 Å². The van der Waals surface area contributed by atoms with Gasteiger partial charge in [-0.1, -0.05) is 19.9 Å². The molecule has 2 rings (SSSR count). The van der Waals surface area contributed by atoms with Crippen molar-refractivity contribution in [3.05, 3.63) is 36.0 Å². The number of amides is 1. The Morgan fingerprint density at radius 3 is 2.67 bits per heavy atom. The second-order valence-electron chi connectivity index (χ2n) is 4.67. The molecule has 0 radical (unpaired) electrons. The number of fused-ring (bicyclic) bond motifs is 1. The van der Waals surface area contributed by atoms with Gasteiger partial charge in [-0.2, -0.15) is 0 Å². The van der Waals surface area contributed by atoms with Gasteiger partial charge < -0.3 is 9.88 Å². The summed E-state index contributed by atoms with van der Waals surface area (Å²) in [6.07, 6.45) is 3.87. The maximum Gasteiger partial charge on any atom is 0.253 e. The number of rotatable bonds is 4. The summed E-state index contributed by atoms with van der Waals surface area (Å²) in [5.41, 5.74) is 1.76. The molecule has 0 saturated carbocycles. The largest absolute Gasteiger partial charge is 0.361 e. The van der Waals surface area contributed by atoms with E-state index in [9.17, 15) is 4.79 Å². The van der Waals surface area contributed by atoms with Crippen molar-refractivity contribution < 1.29 is 4.79 Å². The molecule has 0 bridgehead atoms. The Morgan fingerprint density at radius 1 is 1.28 bits per heavy atom. The second-order valence-corrected chi connectivity index (χ2v) is 4.67. The number of hydrogen-bond acceptors (Lipinski definition) is 1. The lowest BCUT2D eigenvalue weighted by atomic mass is 10.1. The molecule has 1 aromatic heterocycles. The molecule has 1 heterocycles. The third-order valence-corrected chi connectivity index (χ3v) is 3.61. The van der Waals surface area contributed by atoms with Crippen LogP contribution in [0.3, 0.4) is 0 Å². The van der Waals surface area contributed by atoms with Gasteiger partial charge in [0, 0.05) is 30.4 Å². The quantitative estimate of drug-likeness (QED) is 0.878. The maximum absolute atomic E-state index is 12.4. The fraction of sp³-hybridized carbons (Fsp3) is 0.400. The lowest BCUT2D eigenvalue weighted by Gasteiger charge is -2.26. The first kappa shape index (κ1) is 12.7. The highest BCUT2D eigenvalue weighted by atomic mass is 16.2. The van der Waals surface area contributed by atoms with Crippen LogP contribution in [0.25, 0.3) is 10.9 Å². The molecule has 0 aliphatic carbocycles. The molecule has 0 fully saturated rings. The zero-order chi connectivity index (χ0) is 13.1. The van der Waals surface area contributed by atoms with Gasteiger partial charge in [-0.3, -0.25) is 4.79 Å². The van der Waals surface area contributed by atoms with Crippen LogP contribution in [0.15, 0.2) is 30.5 Å². The Hall–Kier alpha value is -1.77. The van der Waals surface area contributed by atoms with Gasteiger partial charge in [0.2, 0.25) is 0 Å². The summed E-state index contributed by atoms with van der Waals surface area (Å²) < 4.78 is 0. The monoisotopic (exact) mass is 244 g/mol. The van der Waals surface area contributed by atoms with E-state index in [4.69, 9.17) is 0 Å². The van der Waals surface area contributed by atoms with Crippen LogP contribution >= 0.6 is 0 Å². The van der Waals surface area contributed by atoms with E-state index in [-0.39, 0.29) is 5.91 Å². The van der Waals surface area contributed by atoms with Gasteiger partial charge in [0.25, 0.3) is 5.91 Å². The molecule has 3 nitrogen and oxygen atoms in total. The summed E-state index contributed by atoms with van der Waals surface area (Å²) in [6, 6.07) is 8.14. The molecule has 0 saturated heterocycles. The zero-order valence-corrected chi connectivity index (χ0v) is 11.2. The number of aromatic nitrogens is 1. The van der Waals surface area contributed by atoms with Gasteiger partial charge in [-0.15, -0.1) is 0 Å². The average molecular weight is 244 g/mol. The Balaban J connectivity index is 2.26. The first-order valence-corrected chi connectivity index (χ1v) is 6.51. The predicted octanol–water partition coefficient (Wildman–Crippen LogP) is 3.43. The van der Waals surface area contributed by atoms with Crippen molar-refractivity contribution in [3.8, 4) is 0 Å². The van der Waals surface area contributed by atoms with Crippen molar-refractivity contribution in [1.29, 1.82) is 0 Å². The summed E-state index contributed by atoms with van der Waals surface area (Å²) in [5.74, 6) is 0.0974. The number of H-pyrrole nitrogens is 1. The van der Waals surface area contributed by atoms with Crippen molar-refractivity contribution in [1.82, 2.24) is 9.88 Å². The van der Waals surface area contributed by atoms with E-state index < -0.39 is 0 Å². The molecule has 0 aliphatic rings. The number of benzene rings is 1. The van der Waals surface area contributed by atoms with Crippen LogP contribution in [0.2, 0.25) is 0 Å². The molecule has 0 aliphatic heterocycles. The highest BCUT2D eigenvalue weighted by Crippen LogP contribution is 2.17. The van der Waals surface area contributed by atoms with Crippen molar-refractivity contribution in [2.75, 3.05) is 7.05 Å². The van der Waals surface area contributed by atoms with Crippen molar-refractivity contribution in [2.45, 2.75) is 32.7 Å². The molecular weight excluding hydrogens is 224 g/mol. The Kier molecular flexibility index (Phi) is 3.70. The molecule has 1 aromatic carbocycles. The fourth-order valence-corrected chi connectivity index (χ4v) is 2.39. The molecule has 1 N–H and O–H groups in total. The van der Waals surface area contributed by atoms with E-state index in [2.05, 4.69) is 18.8 Å². The summed E-state index contributed by atoms with van der Waals surface area (Å²) in [7, 11) is 1.89. The van der Waals surface area contributed by atoms with Gasteiger partial charge in [-0.05, 0) is 36.4 Å². The molecule has 3 heteroatoms. The van der Waals surface area contributed by atoms with E-state index in [1.807, 2.05) is 42.4 Å². The van der Waals surface area contributed by atoms with Crippen LogP contribution in [-0.2, 0) is 0 Å². The normalized spacial score (nSPS) is 11.1. The molecule has 0 unspecified atom stereocenters. The molecule has 1 amide bonds. The van der Waals surface area contributed by atoms with Gasteiger partial charge in [0.1, 0.15) is 0 Å². The van der Waals surface area contributed by atoms with Crippen LogP contribution in [0.1, 0.15) is 37.0 Å². The fourth-order valence-electron chi connectivity index (χ4n) is 2.39. The molecule has 2 aromatic rings. The summed E-state index contributed by atoms with van der Waals surface area (Å²) in [6.45, 7) is 4.23. The molecule has 18 heavy (non-hydrogen) atoms. The standard InChI is InChI=1S/C15H20N2O/c1-4-13(5-2)17(3)15(18)12-7-6-11-8-9-16-14(11)10-12/h6-10,13,16H,4-5H2,1-3H3. The van der Waals surface area contributed by atoms with Crippen molar-refractivity contribution in [3.63, 3.8) is 0 Å². The number of carbonyl (C=O) groups is 1. The minimum absolute atomic E-state index is 0.0974. The number of nitrogens with one attached hydrogen (secondary N) is 1. The van der Waals surface area contributed by atoms with E-state index in [1.165, 1.54) is 0 Å². The lowest BCUT2D eigenvalue weighted by Crippen LogP contribution is -2.36. The molecular formula is C15H20N2O. The van der Waals surface area contributed by atoms with Gasteiger partial charge >= 0.3 is 0 Å². The number of carbonyl (C=O) groups excluding carboxylic acids is 1. The number of nitrogens with zero attached hydrogens (tertiary/aromatic N) is 1. The maximum atomic E-state index is 12.4. The van der Waals surface area contributed by atoms with E-state index >= 15 is 0 Å². The van der Waals surface area contributed by atoms with Crippen LogP contribution in [0.4, 0.5) is 0 Å². The highest BCUT2D eigenvalue weighted by molar-refractivity contribution is 5.97. The average Bonchev–Trinajstić information content (AvgIpc) is 2.86. The highest BCUT2D eigenvalue weighted by Gasteiger charge is 2.18. The molecule has 0 atom stereocenters. The second kappa shape index (κ2) is 5.25. The Morgan fingerprint density at radius 2 is 2.00 bits per heavy atom. The smallest absolute Gasteiger partial charge is 0.253 e. The van der Waals surface area contributed by atoms with E-state index in [1.54, 1.807) is 0 Å². The molecule has 96 valence electrons. The van der Waals surface area contributed by atoms with Crippen LogP contribution in [-0.4, -0.2) is 28.9 Å². The van der Waals surface area contributed by atoms with Gasteiger partial charge in [0.15, 0.2) is 0 Å². The van der Waals surface area contributed by atoms with Crippen molar-refractivity contribution >= 4 is 16.8 Å². The number of aromatic amines is 1. The summed E-state index contributed by atoms with van der Waals surface area (Å²) in [5, 5.41) is 1.14. The first-order chi connectivity index (χ1) is 8.67. The van der Waals surface area contributed by atoms with E-state index in [0.717, 1.165) is 29.3 Å². The number of hydrogen-bond donors (Lipinski definition) is 1. The zero-order valence-electron chi connectivity index (χ0n) is 11.2. The third-order valence-electron chi connectivity index (χ3n) is 3.61. The van der Waals surface area contributed by atoms with Crippen LogP contribution < -0.4 is 0 Å². The lowest BCUT2D eigenvalue weighted by molar-refractivity contribution is 0.0724. The van der Waals surface area contributed by atoms with Crippen LogP contribution in [0.5, 0.6) is 0 Å². The third kappa shape index (κ3) is 2.26. The minimum atomic E-state index is 0.0974. The van der Waals surface area contributed by atoms with Gasteiger partial charge in [0.05, 0.1) is 0 Å². The first-order valence-electron chi connectivity index (χ1n) is 6.51. The molecule has 0 spiro atoms. The Bertz CT molecular complexity index is 540. The van der Waals surface area contributed by atoms with Crippen LogP contribution in [0, 0.1) is 0 Å². The minimum Gasteiger partial charge on any atom is -0.361 e. The summed E-state index contributed by atoms with van der Waals surface area (Å²) >= 11 is 0. The van der Waals surface area contributed by atoms with Gasteiger partial charge in [-0.25, -0.2) is 0 Å². The van der Waals surface area contributed by atoms with Crippen molar-refractivity contribution in [2.24, 2.45) is 0 Å². The SMILES string of the molecule is CCC(CC)N(C)C(=O)c1ccc2cc[nH]c2c1.